The number of halogens is 1. The van der Waals surface area contributed by atoms with Gasteiger partial charge in [-0.1, -0.05) is 0 Å². The van der Waals surface area contributed by atoms with Gasteiger partial charge in [-0.15, -0.1) is 0 Å². The summed E-state index contributed by atoms with van der Waals surface area (Å²) in [6.45, 7) is 3.05. The summed E-state index contributed by atoms with van der Waals surface area (Å²) in [4.78, 5) is 14.0. The number of hydrogen-bond acceptors (Lipinski definition) is 3. The number of amides is 1. The molecule has 20 heavy (non-hydrogen) atoms. The van der Waals surface area contributed by atoms with Gasteiger partial charge in [0.25, 0.3) is 0 Å². The van der Waals surface area contributed by atoms with Crippen LogP contribution in [0.2, 0.25) is 0 Å². The van der Waals surface area contributed by atoms with E-state index in [-0.39, 0.29) is 23.8 Å². The van der Waals surface area contributed by atoms with Crippen LogP contribution in [0.1, 0.15) is 26.2 Å². The van der Waals surface area contributed by atoms with Crippen molar-refractivity contribution in [1.29, 1.82) is 0 Å². The summed E-state index contributed by atoms with van der Waals surface area (Å²) in [6, 6.07) is 6.18. The van der Waals surface area contributed by atoms with Gasteiger partial charge in [0.1, 0.15) is 11.6 Å². The molecule has 2 atom stereocenters. The lowest BCUT2D eigenvalue weighted by molar-refractivity contribution is -0.135. The lowest BCUT2D eigenvalue weighted by atomic mass is 9.99. The van der Waals surface area contributed by atoms with Crippen molar-refractivity contribution in [2.24, 2.45) is 5.73 Å². The molecule has 1 heterocycles. The van der Waals surface area contributed by atoms with Crippen molar-refractivity contribution in [3.05, 3.63) is 30.1 Å². The number of nitrogens with two attached hydrogens (primary N) is 1. The monoisotopic (exact) mass is 280 g/mol. The van der Waals surface area contributed by atoms with Crippen LogP contribution in [-0.2, 0) is 4.79 Å². The van der Waals surface area contributed by atoms with Gasteiger partial charge in [-0.2, -0.15) is 0 Å². The van der Waals surface area contributed by atoms with E-state index in [2.05, 4.69) is 0 Å². The minimum atomic E-state index is -0.299. The van der Waals surface area contributed by atoms with E-state index in [0.717, 1.165) is 19.4 Å². The Morgan fingerprint density at radius 3 is 2.80 bits per heavy atom. The molecular formula is C15H21FN2O2. The summed E-state index contributed by atoms with van der Waals surface area (Å²) < 4.78 is 18.2. The van der Waals surface area contributed by atoms with Crippen LogP contribution in [0.3, 0.4) is 0 Å². The number of likely N-dealkylation sites (tertiary alicyclic amines) is 1. The van der Waals surface area contributed by atoms with E-state index in [1.165, 1.54) is 12.1 Å². The molecule has 1 aliphatic heterocycles. The molecule has 5 heteroatoms. The molecule has 0 radical (unpaired) electrons. The van der Waals surface area contributed by atoms with E-state index in [0.29, 0.717) is 18.8 Å². The summed E-state index contributed by atoms with van der Waals surface area (Å²) in [6.07, 6.45) is 2.04. The number of rotatable bonds is 4. The maximum absolute atomic E-state index is 12.7. The normalized spacial score (nSPS) is 22.6. The molecule has 0 aromatic heterocycles. The SMILES string of the molecule is CC1CC(N)CCN1C(=O)CCOc1ccc(F)cc1. The van der Waals surface area contributed by atoms with Crippen molar-refractivity contribution in [1.82, 2.24) is 4.90 Å². The first kappa shape index (κ1) is 14.8. The van der Waals surface area contributed by atoms with Gasteiger partial charge in [-0.05, 0) is 44.0 Å². The third-order valence-electron chi connectivity index (χ3n) is 3.64. The summed E-state index contributed by atoms with van der Waals surface area (Å²) in [5, 5.41) is 0. The van der Waals surface area contributed by atoms with Crippen LogP contribution in [0, 0.1) is 5.82 Å². The number of benzene rings is 1. The van der Waals surface area contributed by atoms with E-state index in [1.807, 2.05) is 11.8 Å². The highest BCUT2D eigenvalue weighted by Gasteiger charge is 2.26. The molecule has 1 saturated heterocycles. The van der Waals surface area contributed by atoms with Crippen molar-refractivity contribution in [3.63, 3.8) is 0 Å². The van der Waals surface area contributed by atoms with Gasteiger partial charge in [0.05, 0.1) is 13.0 Å². The number of nitrogens with zero attached hydrogens (tertiary/aromatic N) is 1. The Balaban J connectivity index is 1.76. The third kappa shape index (κ3) is 3.93. The first-order chi connectivity index (χ1) is 9.56. The van der Waals surface area contributed by atoms with Crippen molar-refractivity contribution in [2.45, 2.75) is 38.3 Å². The van der Waals surface area contributed by atoms with Gasteiger partial charge in [-0.3, -0.25) is 4.79 Å². The molecule has 1 aliphatic rings. The maximum Gasteiger partial charge on any atom is 0.226 e. The van der Waals surface area contributed by atoms with E-state index in [9.17, 15) is 9.18 Å². The first-order valence-electron chi connectivity index (χ1n) is 6.99. The molecule has 2 unspecified atom stereocenters. The largest absolute Gasteiger partial charge is 0.493 e. The third-order valence-corrected chi connectivity index (χ3v) is 3.64. The van der Waals surface area contributed by atoms with Gasteiger partial charge in [0.2, 0.25) is 5.91 Å². The van der Waals surface area contributed by atoms with Crippen molar-refractivity contribution in [3.8, 4) is 5.75 Å². The standard InChI is InChI=1S/C15H21FN2O2/c1-11-10-13(17)6-8-18(11)15(19)7-9-20-14-4-2-12(16)3-5-14/h2-5,11,13H,6-10,17H2,1H3. The predicted octanol–water partition coefficient (Wildman–Crippen LogP) is 1.93. The lowest BCUT2D eigenvalue weighted by Crippen LogP contribution is -2.48. The molecule has 1 amide bonds. The molecular weight excluding hydrogens is 259 g/mol. The fourth-order valence-corrected chi connectivity index (χ4v) is 2.51. The molecule has 1 aromatic carbocycles. The van der Waals surface area contributed by atoms with Crippen LogP contribution in [-0.4, -0.2) is 36.0 Å². The Hall–Kier alpha value is -1.62. The smallest absolute Gasteiger partial charge is 0.226 e. The fourth-order valence-electron chi connectivity index (χ4n) is 2.51. The molecule has 2 rings (SSSR count). The topological polar surface area (TPSA) is 55.6 Å². The Morgan fingerprint density at radius 2 is 2.15 bits per heavy atom. The second-order valence-electron chi connectivity index (χ2n) is 5.27. The highest BCUT2D eigenvalue weighted by Crippen LogP contribution is 2.17. The van der Waals surface area contributed by atoms with Gasteiger partial charge in [0, 0.05) is 18.6 Å². The lowest BCUT2D eigenvalue weighted by Gasteiger charge is -2.36. The van der Waals surface area contributed by atoms with Gasteiger partial charge >= 0.3 is 0 Å². The first-order valence-corrected chi connectivity index (χ1v) is 6.99. The van der Waals surface area contributed by atoms with Crippen molar-refractivity contribution in [2.75, 3.05) is 13.2 Å². The van der Waals surface area contributed by atoms with Crippen LogP contribution in [0.4, 0.5) is 4.39 Å². The number of carbonyl (C=O) groups excluding carboxylic acids is 1. The van der Waals surface area contributed by atoms with Crippen LogP contribution < -0.4 is 10.5 Å². The second-order valence-corrected chi connectivity index (χ2v) is 5.27. The van der Waals surface area contributed by atoms with Crippen LogP contribution in [0.5, 0.6) is 5.75 Å². The fraction of sp³-hybridized carbons (Fsp3) is 0.533. The van der Waals surface area contributed by atoms with E-state index >= 15 is 0 Å². The number of hydrogen-bond donors (Lipinski definition) is 1. The summed E-state index contributed by atoms with van der Waals surface area (Å²) >= 11 is 0. The van der Waals surface area contributed by atoms with Gasteiger partial charge in [-0.25, -0.2) is 4.39 Å². The number of ether oxygens (including phenoxy) is 1. The van der Waals surface area contributed by atoms with E-state index in [1.54, 1.807) is 12.1 Å². The summed E-state index contributed by atoms with van der Waals surface area (Å²) in [7, 11) is 0. The second kappa shape index (κ2) is 6.70. The molecule has 1 fully saturated rings. The van der Waals surface area contributed by atoms with Crippen LogP contribution in [0.25, 0.3) is 0 Å². The summed E-state index contributed by atoms with van der Waals surface area (Å²) in [5.74, 6) is 0.367. The highest BCUT2D eigenvalue weighted by atomic mass is 19.1. The molecule has 1 aromatic rings. The maximum atomic E-state index is 12.7. The van der Waals surface area contributed by atoms with Crippen LogP contribution in [0.15, 0.2) is 24.3 Å². The molecule has 2 N–H and O–H groups in total. The highest BCUT2D eigenvalue weighted by molar-refractivity contribution is 5.76. The zero-order valence-electron chi connectivity index (χ0n) is 11.7. The van der Waals surface area contributed by atoms with E-state index in [4.69, 9.17) is 10.5 Å². The van der Waals surface area contributed by atoms with Gasteiger partial charge in [0.15, 0.2) is 0 Å². The van der Waals surface area contributed by atoms with Crippen molar-refractivity contribution < 1.29 is 13.9 Å². The Kier molecular flexibility index (Phi) is 4.95. The molecule has 0 aliphatic carbocycles. The molecule has 4 nitrogen and oxygen atoms in total. The molecule has 0 spiro atoms. The zero-order valence-corrected chi connectivity index (χ0v) is 11.7. The van der Waals surface area contributed by atoms with Crippen LogP contribution >= 0.6 is 0 Å². The minimum absolute atomic E-state index is 0.0894. The average Bonchev–Trinajstić information content (AvgIpc) is 2.41. The Labute approximate surface area is 118 Å². The quantitative estimate of drug-likeness (QED) is 0.917. The average molecular weight is 280 g/mol. The van der Waals surface area contributed by atoms with E-state index < -0.39 is 0 Å². The number of carbonyl (C=O) groups is 1. The molecule has 0 bridgehead atoms. The van der Waals surface area contributed by atoms with Crippen molar-refractivity contribution >= 4 is 5.91 Å². The predicted molar refractivity (Wildman–Crippen MR) is 74.9 cm³/mol. The Bertz CT molecular complexity index is 450. The Morgan fingerprint density at radius 1 is 1.45 bits per heavy atom. The van der Waals surface area contributed by atoms with Gasteiger partial charge < -0.3 is 15.4 Å². The molecule has 110 valence electrons. The number of piperidine rings is 1. The molecule has 0 saturated carbocycles. The minimum Gasteiger partial charge on any atom is -0.493 e. The summed E-state index contributed by atoms with van der Waals surface area (Å²) in [5.41, 5.74) is 5.88. The zero-order chi connectivity index (χ0) is 14.5.